The molecule has 4 aliphatic rings. The van der Waals surface area contributed by atoms with Gasteiger partial charge < -0.3 is 34.8 Å². The molecule has 0 aromatic carbocycles. The van der Waals surface area contributed by atoms with E-state index in [1.807, 2.05) is 6.07 Å². The Labute approximate surface area is 305 Å². The quantitative estimate of drug-likeness (QED) is 0.268. The molecule has 0 radical (unpaired) electrons. The van der Waals surface area contributed by atoms with Crippen LogP contribution in [0.3, 0.4) is 0 Å². The zero-order valence-electron chi connectivity index (χ0n) is 29.4. The second kappa shape index (κ2) is 14.4. The molecule has 4 aromatic heterocycles. The van der Waals surface area contributed by atoms with Crippen molar-refractivity contribution >= 4 is 28.2 Å². The van der Waals surface area contributed by atoms with Crippen LogP contribution in [0.15, 0.2) is 23.0 Å². The summed E-state index contributed by atoms with van der Waals surface area (Å²) in [5.41, 5.74) is 7.68. The largest absolute Gasteiger partial charge is 0.472 e. The van der Waals surface area contributed by atoms with Gasteiger partial charge in [-0.25, -0.2) is 14.6 Å². The molecule has 1 amide bonds. The molecule has 4 aromatic rings. The highest BCUT2D eigenvalue weighted by Crippen LogP contribution is 2.48. The van der Waals surface area contributed by atoms with E-state index in [4.69, 9.17) is 25.0 Å². The van der Waals surface area contributed by atoms with Crippen LogP contribution >= 0.6 is 11.3 Å². The number of nitrogens with two attached hydrogens (primary N) is 1. The highest BCUT2D eigenvalue weighted by Gasteiger charge is 2.43. The molecular formula is C35H44N12O4S. The minimum atomic E-state index is -0.588. The van der Waals surface area contributed by atoms with Gasteiger partial charge in [0.05, 0.1) is 23.3 Å². The number of anilines is 2. The van der Waals surface area contributed by atoms with Gasteiger partial charge in [0.1, 0.15) is 29.4 Å². The molecule has 3 fully saturated rings. The van der Waals surface area contributed by atoms with E-state index in [9.17, 15) is 15.2 Å². The molecule has 52 heavy (non-hydrogen) atoms. The third-order valence-corrected chi connectivity index (χ3v) is 12.2. The number of β-amino-alcohol motifs (C(OH)–C–C–N with tert-alkyl or cyclic N) is 1. The number of carbonyl (C=O) groups excluding carboxylic acids is 1. The summed E-state index contributed by atoms with van der Waals surface area (Å²) in [7, 11) is 0. The van der Waals surface area contributed by atoms with Gasteiger partial charge in [-0.15, -0.1) is 11.3 Å². The summed E-state index contributed by atoms with van der Waals surface area (Å²) >= 11 is 1.49. The third-order valence-electron chi connectivity index (χ3n) is 11.1. The minimum Gasteiger partial charge on any atom is -0.472 e. The van der Waals surface area contributed by atoms with Gasteiger partial charge in [-0.1, -0.05) is 15.5 Å². The second-order valence-corrected chi connectivity index (χ2v) is 15.7. The zero-order valence-corrected chi connectivity index (χ0v) is 30.2. The maximum absolute atomic E-state index is 12.5. The number of piperidine rings is 1. The number of fused-ring (bicyclic) bond motifs is 1. The number of nitriles is 1. The Hall–Kier alpha value is -4.66. The van der Waals surface area contributed by atoms with Crippen LogP contribution in [-0.2, 0) is 23.2 Å². The van der Waals surface area contributed by atoms with Crippen LogP contribution in [0.1, 0.15) is 80.2 Å². The topological polar surface area (TPSA) is 201 Å². The van der Waals surface area contributed by atoms with Crippen LogP contribution < -0.4 is 15.4 Å². The highest BCUT2D eigenvalue weighted by atomic mass is 32.1. The van der Waals surface area contributed by atoms with Crippen molar-refractivity contribution in [3.63, 3.8) is 0 Å². The van der Waals surface area contributed by atoms with E-state index < -0.39 is 11.5 Å². The molecule has 0 spiro atoms. The van der Waals surface area contributed by atoms with E-state index in [1.165, 1.54) is 16.0 Å². The van der Waals surface area contributed by atoms with Crippen molar-refractivity contribution < 1.29 is 19.2 Å². The minimum absolute atomic E-state index is 0.0504. The molecule has 3 saturated heterocycles. The normalized spacial score (nSPS) is 24.4. The van der Waals surface area contributed by atoms with Gasteiger partial charge in [0.25, 0.3) is 5.88 Å². The summed E-state index contributed by atoms with van der Waals surface area (Å²) in [6, 6.07) is 4.58. The molecule has 3 N–H and O–H groups in total. The van der Waals surface area contributed by atoms with Crippen LogP contribution in [0.5, 0.6) is 5.88 Å². The van der Waals surface area contributed by atoms with Gasteiger partial charge in [-0.2, -0.15) is 10.2 Å². The Balaban J connectivity index is 0.849. The summed E-state index contributed by atoms with van der Waals surface area (Å²) < 4.78 is 13.5. The first-order valence-electron chi connectivity index (χ1n) is 18.3. The van der Waals surface area contributed by atoms with Crippen molar-refractivity contribution in [2.75, 3.05) is 49.9 Å². The van der Waals surface area contributed by atoms with E-state index in [0.717, 1.165) is 88.0 Å². The Bertz CT molecular complexity index is 1950. The number of aryl methyl sites for hydroxylation is 1. The standard InChI is InChI=1S/C35H44N12O4S/c1-35(11-2-5-27-30(35)25(18-36)31(37)52-27)33-40-32(42-51-33)26-6-12-38-34(39-26)45-13-3-4-22(7-14-45)44-16-9-24(10-17-44)50-28-20-47(43-41-28)21-29(49)46-15-8-23(48)19-46/h6,12,20,22-24,48H,2-5,7-11,13-17,19,21,37H2,1H3. The van der Waals surface area contributed by atoms with Crippen molar-refractivity contribution in [1.29, 1.82) is 5.26 Å². The van der Waals surface area contributed by atoms with Gasteiger partial charge >= 0.3 is 0 Å². The van der Waals surface area contributed by atoms with Crippen molar-refractivity contribution in [2.24, 2.45) is 0 Å². The molecule has 16 nitrogen and oxygen atoms in total. The van der Waals surface area contributed by atoms with Gasteiger partial charge in [0.2, 0.25) is 23.6 Å². The average molecular weight is 729 g/mol. The maximum Gasteiger partial charge on any atom is 0.253 e. The van der Waals surface area contributed by atoms with Crippen molar-refractivity contribution in [2.45, 2.75) is 94.9 Å². The molecule has 7 heterocycles. The predicted octanol–water partition coefficient (Wildman–Crippen LogP) is 2.77. The lowest BCUT2D eigenvalue weighted by molar-refractivity contribution is -0.131. The maximum atomic E-state index is 12.5. The van der Waals surface area contributed by atoms with Crippen molar-refractivity contribution in [3.05, 3.63) is 40.4 Å². The summed E-state index contributed by atoms with van der Waals surface area (Å²) in [4.78, 5) is 34.5. The molecule has 0 saturated carbocycles. The number of hydrogen-bond donors (Lipinski definition) is 2. The number of nitrogens with zero attached hydrogens (tertiary/aromatic N) is 11. The number of likely N-dealkylation sites (tertiary alicyclic amines) is 2. The SMILES string of the molecule is CC1(c2nc(-c3ccnc(N4CCCC(N5CCC(Oc6cn(CC(=O)N7CCC(O)C7)nn6)CC5)CC4)n3)no2)CCCc2sc(N)c(C#N)c21. The van der Waals surface area contributed by atoms with Gasteiger partial charge in [0, 0.05) is 61.9 Å². The number of thiophene rings is 1. The fourth-order valence-corrected chi connectivity index (χ4v) is 9.47. The molecule has 1 aliphatic carbocycles. The van der Waals surface area contributed by atoms with Crippen molar-refractivity contribution in [1.82, 2.24) is 44.9 Å². The number of carbonyl (C=O) groups is 1. The van der Waals surface area contributed by atoms with E-state index in [2.05, 4.69) is 43.2 Å². The first-order valence-corrected chi connectivity index (χ1v) is 19.1. The van der Waals surface area contributed by atoms with Gasteiger partial charge in [-0.3, -0.25) is 4.79 Å². The number of ether oxygens (including phenoxy) is 1. The van der Waals surface area contributed by atoms with Crippen LogP contribution in [0.2, 0.25) is 0 Å². The van der Waals surface area contributed by atoms with Crippen LogP contribution in [0.4, 0.5) is 10.9 Å². The fraction of sp³-hybridized carbons (Fsp3) is 0.600. The molecular weight excluding hydrogens is 685 g/mol. The molecule has 274 valence electrons. The van der Waals surface area contributed by atoms with Crippen LogP contribution in [0, 0.1) is 11.3 Å². The third kappa shape index (κ3) is 6.82. The number of aromatic nitrogens is 7. The van der Waals surface area contributed by atoms with Crippen LogP contribution in [-0.4, -0.2) is 113 Å². The Morgan fingerprint density at radius 3 is 2.83 bits per heavy atom. The summed E-state index contributed by atoms with van der Waals surface area (Å²) in [6.45, 7) is 6.69. The first-order chi connectivity index (χ1) is 25.3. The number of aliphatic hydroxyl groups is 1. The fourth-order valence-electron chi connectivity index (χ4n) is 8.28. The zero-order chi connectivity index (χ0) is 35.8. The van der Waals surface area contributed by atoms with Gasteiger partial charge in [0.15, 0.2) is 0 Å². The average Bonchev–Trinajstić information content (AvgIpc) is 3.94. The Morgan fingerprint density at radius 1 is 1.15 bits per heavy atom. The molecule has 3 unspecified atom stereocenters. The second-order valence-electron chi connectivity index (χ2n) is 14.6. The van der Waals surface area contributed by atoms with Crippen molar-refractivity contribution in [3.8, 4) is 23.5 Å². The predicted molar refractivity (Wildman–Crippen MR) is 190 cm³/mol. The summed E-state index contributed by atoms with van der Waals surface area (Å²) in [5.74, 6) is 1.91. The van der Waals surface area contributed by atoms with Crippen LogP contribution in [0.25, 0.3) is 11.5 Å². The lowest BCUT2D eigenvalue weighted by atomic mass is 9.72. The number of rotatable bonds is 8. The lowest BCUT2D eigenvalue weighted by Gasteiger charge is -2.37. The van der Waals surface area contributed by atoms with Gasteiger partial charge in [-0.05, 0) is 70.8 Å². The highest BCUT2D eigenvalue weighted by molar-refractivity contribution is 7.16. The monoisotopic (exact) mass is 728 g/mol. The van der Waals surface area contributed by atoms with E-state index >= 15 is 0 Å². The first kappa shape index (κ1) is 34.4. The number of aliphatic hydroxyl groups excluding tert-OH is 1. The Morgan fingerprint density at radius 2 is 2.02 bits per heavy atom. The van der Waals surface area contributed by atoms with E-state index in [0.29, 0.717) is 65.4 Å². The number of hydrogen-bond acceptors (Lipinski definition) is 15. The smallest absolute Gasteiger partial charge is 0.253 e. The lowest BCUT2D eigenvalue weighted by Crippen LogP contribution is -2.44. The number of amides is 1. The summed E-state index contributed by atoms with van der Waals surface area (Å²) in [6.07, 6.45) is 11.2. The summed E-state index contributed by atoms with van der Waals surface area (Å²) in [5, 5.41) is 32.7. The number of nitrogen functional groups attached to an aromatic ring is 1. The molecule has 3 aliphatic heterocycles. The molecule has 3 atom stereocenters. The molecule has 0 bridgehead atoms. The molecule has 8 rings (SSSR count). The van der Waals surface area contributed by atoms with E-state index in [-0.39, 0.29) is 18.6 Å². The van der Waals surface area contributed by atoms with E-state index in [1.54, 1.807) is 17.3 Å². The molecule has 17 heteroatoms. The Kier molecular flexibility index (Phi) is 9.53.